The Bertz CT molecular complexity index is 714. The second kappa shape index (κ2) is 10.6. The summed E-state index contributed by atoms with van der Waals surface area (Å²) in [5.41, 5.74) is 3.34. The number of anilines is 1. The van der Waals surface area contributed by atoms with Gasteiger partial charge in [-0.2, -0.15) is 0 Å². The molecule has 3 rings (SSSR count). The smallest absolute Gasteiger partial charge is 0.307 e. The van der Waals surface area contributed by atoms with E-state index in [-0.39, 0.29) is 11.8 Å². The number of carbonyl (C=O) groups is 4. The summed E-state index contributed by atoms with van der Waals surface area (Å²) in [5, 5.41) is 18.7. The van der Waals surface area contributed by atoms with Crippen molar-refractivity contribution in [3.05, 3.63) is 30.3 Å². The lowest BCUT2D eigenvalue weighted by molar-refractivity contribution is -0.155. The van der Waals surface area contributed by atoms with Crippen molar-refractivity contribution in [2.24, 2.45) is 17.8 Å². The highest BCUT2D eigenvalue weighted by atomic mass is 16.4. The molecule has 2 aliphatic rings. The number of rotatable bonds is 6. The number of para-hydroxylation sites is 1. The Morgan fingerprint density at radius 3 is 2.07 bits per heavy atom. The van der Waals surface area contributed by atoms with Gasteiger partial charge in [-0.3, -0.25) is 24.6 Å². The van der Waals surface area contributed by atoms with Crippen LogP contribution in [0.4, 0.5) is 5.69 Å². The summed E-state index contributed by atoms with van der Waals surface area (Å²) in [5.74, 6) is -4.13. The molecular weight excluding hydrogens is 376 g/mol. The SMILES string of the molecule is CCCCC1C(=O)NN(c2ccccc2)C1=O.O=C(O)C1CCCCC1C(=O)O. The molecule has 0 radical (unpaired) electrons. The summed E-state index contributed by atoms with van der Waals surface area (Å²) in [7, 11) is 0. The van der Waals surface area contributed by atoms with E-state index in [1.807, 2.05) is 25.1 Å². The van der Waals surface area contributed by atoms with Gasteiger partial charge in [-0.15, -0.1) is 0 Å². The Kier molecular flexibility index (Phi) is 8.18. The molecule has 1 saturated heterocycles. The number of amides is 2. The summed E-state index contributed by atoms with van der Waals surface area (Å²) >= 11 is 0. The minimum absolute atomic E-state index is 0.144. The first kappa shape index (κ1) is 22.4. The van der Waals surface area contributed by atoms with Gasteiger partial charge in [0.2, 0.25) is 0 Å². The maximum absolute atomic E-state index is 12.1. The van der Waals surface area contributed by atoms with Crippen molar-refractivity contribution < 1.29 is 29.4 Å². The second-order valence-electron chi connectivity index (χ2n) is 7.35. The van der Waals surface area contributed by atoms with E-state index >= 15 is 0 Å². The molecule has 0 spiro atoms. The molecule has 3 N–H and O–H groups in total. The Morgan fingerprint density at radius 2 is 1.59 bits per heavy atom. The van der Waals surface area contributed by atoms with Crippen molar-refractivity contribution in [2.75, 3.05) is 5.01 Å². The fourth-order valence-electron chi connectivity index (χ4n) is 3.66. The van der Waals surface area contributed by atoms with Gasteiger partial charge >= 0.3 is 11.9 Å². The predicted molar refractivity (Wildman–Crippen MR) is 106 cm³/mol. The maximum Gasteiger partial charge on any atom is 0.307 e. The van der Waals surface area contributed by atoms with E-state index in [9.17, 15) is 19.2 Å². The van der Waals surface area contributed by atoms with E-state index in [4.69, 9.17) is 10.2 Å². The molecular formula is C21H28N2O6. The van der Waals surface area contributed by atoms with E-state index in [2.05, 4.69) is 5.43 Å². The molecule has 1 aromatic carbocycles. The molecule has 1 aliphatic carbocycles. The summed E-state index contributed by atoms with van der Waals surface area (Å²) in [4.78, 5) is 45.0. The van der Waals surface area contributed by atoms with Crippen LogP contribution in [0.3, 0.4) is 0 Å². The Morgan fingerprint density at radius 1 is 1.03 bits per heavy atom. The van der Waals surface area contributed by atoms with Gasteiger partial charge in [0.15, 0.2) is 0 Å². The molecule has 3 atom stereocenters. The number of unbranched alkanes of at least 4 members (excludes halogenated alkanes) is 1. The minimum Gasteiger partial charge on any atom is -0.481 e. The van der Waals surface area contributed by atoms with Crippen LogP contribution in [-0.4, -0.2) is 34.0 Å². The molecule has 1 aromatic rings. The van der Waals surface area contributed by atoms with Gasteiger partial charge in [0.1, 0.15) is 5.92 Å². The van der Waals surface area contributed by atoms with Crippen LogP contribution in [0.5, 0.6) is 0 Å². The molecule has 8 nitrogen and oxygen atoms in total. The van der Waals surface area contributed by atoms with Crippen LogP contribution in [0.2, 0.25) is 0 Å². The van der Waals surface area contributed by atoms with Crippen LogP contribution >= 0.6 is 0 Å². The number of hydrogen-bond acceptors (Lipinski definition) is 4. The molecule has 0 bridgehead atoms. The van der Waals surface area contributed by atoms with Crippen molar-refractivity contribution in [3.63, 3.8) is 0 Å². The highest BCUT2D eigenvalue weighted by Gasteiger charge is 2.39. The van der Waals surface area contributed by atoms with Gasteiger partial charge in [-0.25, -0.2) is 5.01 Å². The number of carboxylic acid groups (broad SMARTS) is 2. The highest BCUT2D eigenvalue weighted by Crippen LogP contribution is 2.30. The van der Waals surface area contributed by atoms with Crippen LogP contribution in [0.15, 0.2) is 30.3 Å². The first-order valence-electron chi connectivity index (χ1n) is 10.0. The molecule has 3 unspecified atom stereocenters. The third kappa shape index (κ3) is 5.79. The quantitative estimate of drug-likeness (QED) is 0.626. The number of carbonyl (C=O) groups excluding carboxylic acids is 2. The summed E-state index contributed by atoms with van der Waals surface area (Å²) in [6, 6.07) is 9.17. The van der Waals surface area contributed by atoms with E-state index < -0.39 is 29.7 Å². The molecule has 1 heterocycles. The van der Waals surface area contributed by atoms with Crippen LogP contribution in [-0.2, 0) is 19.2 Å². The molecule has 29 heavy (non-hydrogen) atoms. The maximum atomic E-state index is 12.1. The number of aliphatic carboxylic acids is 2. The van der Waals surface area contributed by atoms with Gasteiger partial charge < -0.3 is 10.2 Å². The summed E-state index contributed by atoms with van der Waals surface area (Å²) in [6.07, 6.45) is 5.19. The number of nitrogens with zero attached hydrogens (tertiary/aromatic N) is 1. The Hall–Kier alpha value is -2.90. The lowest BCUT2D eigenvalue weighted by Crippen LogP contribution is -2.35. The van der Waals surface area contributed by atoms with Gasteiger partial charge in [0, 0.05) is 0 Å². The van der Waals surface area contributed by atoms with Crippen molar-refractivity contribution in [1.29, 1.82) is 0 Å². The number of carboxylic acids is 2. The van der Waals surface area contributed by atoms with Crippen LogP contribution < -0.4 is 10.4 Å². The molecule has 0 aromatic heterocycles. The average molecular weight is 404 g/mol. The average Bonchev–Trinajstić information content (AvgIpc) is 3.01. The van der Waals surface area contributed by atoms with Crippen LogP contribution in [0, 0.1) is 17.8 Å². The van der Waals surface area contributed by atoms with E-state index in [0.29, 0.717) is 24.9 Å². The molecule has 158 valence electrons. The topological polar surface area (TPSA) is 124 Å². The van der Waals surface area contributed by atoms with Crippen molar-refractivity contribution in [2.45, 2.75) is 51.9 Å². The van der Waals surface area contributed by atoms with Crippen molar-refractivity contribution in [1.82, 2.24) is 5.43 Å². The Labute approximate surface area is 169 Å². The molecule has 2 fully saturated rings. The Balaban J connectivity index is 0.000000221. The summed E-state index contributed by atoms with van der Waals surface area (Å²) in [6.45, 7) is 2.05. The molecule has 1 saturated carbocycles. The predicted octanol–water partition coefficient (Wildman–Crippen LogP) is 2.83. The largest absolute Gasteiger partial charge is 0.481 e. The second-order valence-corrected chi connectivity index (χ2v) is 7.35. The van der Waals surface area contributed by atoms with E-state index in [1.165, 1.54) is 5.01 Å². The third-order valence-corrected chi connectivity index (χ3v) is 5.32. The third-order valence-electron chi connectivity index (χ3n) is 5.32. The van der Waals surface area contributed by atoms with E-state index in [1.54, 1.807) is 12.1 Å². The lowest BCUT2D eigenvalue weighted by atomic mass is 9.79. The van der Waals surface area contributed by atoms with Crippen LogP contribution in [0.25, 0.3) is 0 Å². The minimum atomic E-state index is -0.970. The zero-order valence-electron chi connectivity index (χ0n) is 16.5. The fourth-order valence-corrected chi connectivity index (χ4v) is 3.66. The molecule has 1 aliphatic heterocycles. The van der Waals surface area contributed by atoms with Gasteiger partial charge in [-0.1, -0.05) is 50.8 Å². The first-order chi connectivity index (χ1) is 13.9. The number of hydrazine groups is 1. The van der Waals surface area contributed by atoms with E-state index in [0.717, 1.165) is 25.7 Å². The zero-order chi connectivity index (χ0) is 21.4. The lowest BCUT2D eigenvalue weighted by Gasteiger charge is -2.24. The van der Waals surface area contributed by atoms with Gasteiger partial charge in [-0.05, 0) is 31.4 Å². The normalized spacial score (nSPS) is 23.8. The number of nitrogens with one attached hydrogen (secondary N) is 1. The standard InChI is InChI=1S/C13H16N2O2.C8H12O4/c1-2-3-9-11-12(16)14-15(13(11)17)10-7-5-4-6-8-10;9-7(10)5-3-1-2-4-6(5)8(11)12/h4-8,11H,2-3,9H2,1H3,(H,14,16);5-6H,1-4H2,(H,9,10)(H,11,12). The number of benzene rings is 1. The fraction of sp³-hybridized carbons (Fsp3) is 0.524. The monoisotopic (exact) mass is 404 g/mol. The van der Waals surface area contributed by atoms with Crippen molar-refractivity contribution in [3.8, 4) is 0 Å². The van der Waals surface area contributed by atoms with Crippen LogP contribution in [0.1, 0.15) is 51.9 Å². The summed E-state index contributed by atoms with van der Waals surface area (Å²) < 4.78 is 0. The van der Waals surface area contributed by atoms with Gasteiger partial charge in [0.25, 0.3) is 11.8 Å². The number of hydrogen-bond donors (Lipinski definition) is 3. The van der Waals surface area contributed by atoms with Gasteiger partial charge in [0.05, 0.1) is 17.5 Å². The first-order valence-corrected chi connectivity index (χ1v) is 10.0. The molecule has 8 heteroatoms. The van der Waals surface area contributed by atoms with Crippen molar-refractivity contribution >= 4 is 29.4 Å². The zero-order valence-corrected chi connectivity index (χ0v) is 16.5. The molecule has 2 amide bonds. The highest BCUT2D eigenvalue weighted by molar-refractivity contribution is 6.14.